The van der Waals surface area contributed by atoms with Crippen molar-refractivity contribution < 1.29 is 31.5 Å². The Kier molecular flexibility index (Phi) is 5.83. The minimum atomic E-state index is -3.00. The van der Waals surface area contributed by atoms with Gasteiger partial charge in [-0.2, -0.15) is 4.39 Å². The standard InChI is InChI=1S/C21H15F5N4O2/c22-13-2-1-6-27-16(13)12-4-7-28-18(15-3-5-21(25,26)10-32-15)17(12)30-20(31)11-8-14(23)19(24)29-9-11/h1-2,4,6-9,15H,3,5,10H2,(H,30,31). The molecule has 0 bridgehead atoms. The number of alkyl halides is 2. The Balaban J connectivity index is 1.77. The van der Waals surface area contributed by atoms with E-state index in [-0.39, 0.29) is 34.6 Å². The third-order valence-corrected chi connectivity index (χ3v) is 4.86. The molecule has 32 heavy (non-hydrogen) atoms. The lowest BCUT2D eigenvalue weighted by molar-refractivity contribution is -0.146. The molecule has 1 aliphatic heterocycles. The van der Waals surface area contributed by atoms with E-state index in [0.717, 1.165) is 12.3 Å². The average Bonchev–Trinajstić information content (AvgIpc) is 2.76. The van der Waals surface area contributed by atoms with Crippen LogP contribution in [0.2, 0.25) is 0 Å². The molecule has 0 aliphatic carbocycles. The van der Waals surface area contributed by atoms with Crippen molar-refractivity contribution in [1.82, 2.24) is 15.0 Å². The summed E-state index contributed by atoms with van der Waals surface area (Å²) in [7, 11) is 0. The molecule has 6 nitrogen and oxygen atoms in total. The predicted molar refractivity (Wildman–Crippen MR) is 102 cm³/mol. The van der Waals surface area contributed by atoms with Crippen molar-refractivity contribution in [2.45, 2.75) is 24.9 Å². The van der Waals surface area contributed by atoms with Crippen LogP contribution in [-0.4, -0.2) is 33.4 Å². The smallest absolute Gasteiger partial charge is 0.271 e. The number of aromatic nitrogens is 3. The molecule has 1 saturated heterocycles. The second kappa shape index (κ2) is 8.58. The van der Waals surface area contributed by atoms with Gasteiger partial charge in [-0.25, -0.2) is 22.5 Å². The van der Waals surface area contributed by atoms with Crippen molar-refractivity contribution in [3.63, 3.8) is 0 Å². The molecule has 1 fully saturated rings. The molecular formula is C21H15F5N4O2. The molecule has 3 aromatic rings. The monoisotopic (exact) mass is 450 g/mol. The van der Waals surface area contributed by atoms with Crippen LogP contribution in [0.25, 0.3) is 11.3 Å². The highest BCUT2D eigenvalue weighted by molar-refractivity contribution is 6.06. The third kappa shape index (κ3) is 4.42. The first-order chi connectivity index (χ1) is 15.2. The van der Waals surface area contributed by atoms with E-state index >= 15 is 0 Å². The normalized spacial score (nSPS) is 17.7. The van der Waals surface area contributed by atoms with Gasteiger partial charge in [0, 0.05) is 30.6 Å². The molecule has 0 aromatic carbocycles. The van der Waals surface area contributed by atoms with E-state index in [9.17, 15) is 26.7 Å². The summed E-state index contributed by atoms with van der Waals surface area (Å²) in [6.45, 7) is -0.845. The first-order valence-corrected chi connectivity index (χ1v) is 9.47. The summed E-state index contributed by atoms with van der Waals surface area (Å²) in [5.74, 6) is -7.31. The van der Waals surface area contributed by atoms with Gasteiger partial charge in [0.25, 0.3) is 11.8 Å². The quantitative estimate of drug-likeness (QED) is 0.461. The second-order valence-corrected chi connectivity index (χ2v) is 7.10. The molecule has 166 valence electrons. The summed E-state index contributed by atoms with van der Waals surface area (Å²) in [5.41, 5.74) is -0.307. The van der Waals surface area contributed by atoms with Crippen LogP contribution >= 0.6 is 0 Å². The van der Waals surface area contributed by atoms with Gasteiger partial charge in [-0.3, -0.25) is 14.8 Å². The lowest BCUT2D eigenvalue weighted by atomic mass is 9.99. The molecule has 1 amide bonds. The van der Waals surface area contributed by atoms with Crippen molar-refractivity contribution in [2.75, 3.05) is 11.9 Å². The molecule has 3 aromatic heterocycles. The van der Waals surface area contributed by atoms with E-state index in [1.54, 1.807) is 0 Å². The molecule has 0 spiro atoms. The number of amides is 1. The SMILES string of the molecule is O=C(Nc1c(-c2ncccc2F)ccnc1C1CCC(F)(F)CO1)c1cnc(F)c(F)c1. The van der Waals surface area contributed by atoms with E-state index in [0.29, 0.717) is 6.07 Å². The lowest BCUT2D eigenvalue weighted by Gasteiger charge is -2.30. The van der Waals surface area contributed by atoms with Gasteiger partial charge in [-0.1, -0.05) is 0 Å². The maximum Gasteiger partial charge on any atom is 0.271 e. The van der Waals surface area contributed by atoms with Crippen LogP contribution in [0.4, 0.5) is 27.6 Å². The number of pyridine rings is 3. The number of nitrogens with zero attached hydrogens (tertiary/aromatic N) is 3. The Bertz CT molecular complexity index is 1160. The highest BCUT2D eigenvalue weighted by Crippen LogP contribution is 2.40. The largest absolute Gasteiger partial charge is 0.366 e. The number of halogens is 5. The number of carbonyl (C=O) groups is 1. The number of carbonyl (C=O) groups excluding carboxylic acids is 1. The number of hydrogen-bond donors (Lipinski definition) is 1. The summed E-state index contributed by atoms with van der Waals surface area (Å²) in [5, 5.41) is 2.48. The fourth-order valence-corrected chi connectivity index (χ4v) is 3.30. The van der Waals surface area contributed by atoms with Gasteiger partial charge in [0.05, 0.1) is 16.9 Å². The van der Waals surface area contributed by atoms with Gasteiger partial charge in [0.2, 0.25) is 5.95 Å². The van der Waals surface area contributed by atoms with E-state index in [1.807, 2.05) is 0 Å². The Labute approximate surface area is 178 Å². The summed E-state index contributed by atoms with van der Waals surface area (Å²) < 4.78 is 73.5. The number of hydrogen-bond acceptors (Lipinski definition) is 5. The van der Waals surface area contributed by atoms with Crippen LogP contribution in [-0.2, 0) is 4.74 Å². The van der Waals surface area contributed by atoms with Crippen molar-refractivity contribution >= 4 is 11.6 Å². The summed E-state index contributed by atoms with van der Waals surface area (Å²) in [6.07, 6.45) is 1.97. The fraction of sp³-hybridized carbons (Fsp3) is 0.238. The zero-order chi connectivity index (χ0) is 22.9. The number of nitrogens with one attached hydrogen (secondary N) is 1. The maximum atomic E-state index is 14.5. The number of ether oxygens (including phenoxy) is 1. The van der Waals surface area contributed by atoms with Crippen LogP contribution in [0.3, 0.4) is 0 Å². The molecule has 1 atom stereocenters. The van der Waals surface area contributed by atoms with Crippen molar-refractivity contribution in [1.29, 1.82) is 0 Å². The molecule has 0 saturated carbocycles. The summed E-state index contributed by atoms with van der Waals surface area (Å²) >= 11 is 0. The van der Waals surface area contributed by atoms with E-state index in [4.69, 9.17) is 4.74 Å². The first-order valence-electron chi connectivity index (χ1n) is 9.47. The van der Waals surface area contributed by atoms with Gasteiger partial charge >= 0.3 is 0 Å². The second-order valence-electron chi connectivity index (χ2n) is 7.10. The Morgan fingerprint density at radius 2 is 1.91 bits per heavy atom. The topological polar surface area (TPSA) is 77.0 Å². The predicted octanol–water partition coefficient (Wildman–Crippen LogP) is 4.70. The molecule has 0 radical (unpaired) electrons. The Hall–Kier alpha value is -3.47. The summed E-state index contributed by atoms with van der Waals surface area (Å²) in [6, 6.07) is 4.56. The minimum absolute atomic E-state index is 0.0463. The highest BCUT2D eigenvalue weighted by Gasteiger charge is 2.38. The van der Waals surface area contributed by atoms with Gasteiger partial charge in [0.15, 0.2) is 5.82 Å². The Morgan fingerprint density at radius 1 is 1.09 bits per heavy atom. The van der Waals surface area contributed by atoms with Crippen LogP contribution in [0.5, 0.6) is 0 Å². The summed E-state index contributed by atoms with van der Waals surface area (Å²) in [4.78, 5) is 24.1. The van der Waals surface area contributed by atoms with Crippen molar-refractivity contribution in [3.8, 4) is 11.3 Å². The van der Waals surface area contributed by atoms with Crippen LogP contribution in [0.15, 0.2) is 42.9 Å². The molecule has 4 rings (SSSR count). The van der Waals surface area contributed by atoms with E-state index in [1.165, 1.54) is 24.5 Å². The van der Waals surface area contributed by atoms with Gasteiger partial charge in [0.1, 0.15) is 24.2 Å². The molecule has 11 heteroatoms. The van der Waals surface area contributed by atoms with Gasteiger partial charge < -0.3 is 10.1 Å². The molecule has 1 N–H and O–H groups in total. The van der Waals surface area contributed by atoms with Crippen LogP contribution in [0.1, 0.15) is 35.0 Å². The minimum Gasteiger partial charge on any atom is -0.366 e. The van der Waals surface area contributed by atoms with Gasteiger partial charge in [-0.15, -0.1) is 0 Å². The molecule has 1 unspecified atom stereocenters. The fourth-order valence-electron chi connectivity index (χ4n) is 3.30. The van der Waals surface area contributed by atoms with Gasteiger partial charge in [-0.05, 0) is 30.7 Å². The zero-order valence-corrected chi connectivity index (χ0v) is 16.3. The van der Waals surface area contributed by atoms with Crippen molar-refractivity contribution in [2.24, 2.45) is 0 Å². The van der Waals surface area contributed by atoms with E-state index < -0.39 is 48.5 Å². The maximum absolute atomic E-state index is 14.5. The lowest BCUT2D eigenvalue weighted by Crippen LogP contribution is -2.31. The third-order valence-electron chi connectivity index (χ3n) is 4.86. The molecular weight excluding hydrogens is 435 g/mol. The number of anilines is 1. The van der Waals surface area contributed by atoms with Crippen molar-refractivity contribution in [3.05, 3.63) is 71.7 Å². The molecule has 1 aliphatic rings. The van der Waals surface area contributed by atoms with Crippen LogP contribution in [0, 0.1) is 17.6 Å². The first kappa shape index (κ1) is 21.8. The Morgan fingerprint density at radius 3 is 2.59 bits per heavy atom. The zero-order valence-electron chi connectivity index (χ0n) is 16.3. The number of rotatable bonds is 4. The van der Waals surface area contributed by atoms with E-state index in [2.05, 4.69) is 20.3 Å². The average molecular weight is 450 g/mol. The van der Waals surface area contributed by atoms with Crippen LogP contribution < -0.4 is 5.32 Å². The molecule has 4 heterocycles. The highest BCUT2D eigenvalue weighted by atomic mass is 19.3.